The second-order valence-electron chi connectivity index (χ2n) is 5.86. The van der Waals surface area contributed by atoms with E-state index in [1.165, 1.54) is 0 Å². The van der Waals surface area contributed by atoms with Gasteiger partial charge in [-0.05, 0) is 50.0 Å². The van der Waals surface area contributed by atoms with Gasteiger partial charge in [-0.25, -0.2) is 0 Å². The molecule has 1 aromatic carbocycles. The van der Waals surface area contributed by atoms with Crippen molar-refractivity contribution < 1.29 is 4.79 Å². The van der Waals surface area contributed by atoms with E-state index in [1.54, 1.807) is 6.07 Å². The predicted molar refractivity (Wildman–Crippen MR) is 89.4 cm³/mol. The summed E-state index contributed by atoms with van der Waals surface area (Å²) in [6, 6.07) is 5.63. The summed E-state index contributed by atoms with van der Waals surface area (Å²) >= 11 is 12.1. The first-order valence-electron chi connectivity index (χ1n) is 7.74. The Bertz CT molecular complexity index is 512. The Morgan fingerprint density at radius 3 is 2.43 bits per heavy atom. The molecule has 21 heavy (non-hydrogen) atoms. The second kappa shape index (κ2) is 7.13. The van der Waals surface area contributed by atoms with Crippen molar-refractivity contribution in [3.63, 3.8) is 0 Å². The first kappa shape index (κ1) is 16.8. The lowest BCUT2D eigenvalue weighted by Crippen LogP contribution is -2.47. The van der Waals surface area contributed by atoms with Crippen LogP contribution in [0.25, 0.3) is 0 Å². The predicted octanol–water partition coefficient (Wildman–Crippen LogP) is 4.72. The van der Waals surface area contributed by atoms with Crippen LogP contribution in [-0.2, 0) is 10.2 Å². The number of Topliss-reactive ketones (excluding diaryl/α,β-unsaturated/α-hetero) is 1. The zero-order valence-electron chi connectivity index (χ0n) is 12.8. The zero-order chi connectivity index (χ0) is 15.5. The summed E-state index contributed by atoms with van der Waals surface area (Å²) in [5.41, 5.74) is 0.691. The topological polar surface area (TPSA) is 20.3 Å². The van der Waals surface area contributed by atoms with Gasteiger partial charge in [0.25, 0.3) is 0 Å². The Morgan fingerprint density at radius 1 is 1.24 bits per heavy atom. The molecule has 0 bridgehead atoms. The van der Waals surface area contributed by atoms with Gasteiger partial charge in [0.15, 0.2) is 5.78 Å². The Hall–Kier alpha value is -0.570. The van der Waals surface area contributed by atoms with Crippen LogP contribution in [0.3, 0.4) is 0 Å². The largest absolute Gasteiger partial charge is 0.297 e. The van der Waals surface area contributed by atoms with Crippen LogP contribution in [0.1, 0.15) is 45.1 Å². The van der Waals surface area contributed by atoms with Crippen molar-refractivity contribution in [3.8, 4) is 0 Å². The maximum Gasteiger partial charge on any atom is 0.157 e. The number of carbonyl (C=O) groups is 1. The summed E-state index contributed by atoms with van der Waals surface area (Å²) in [6.07, 6.45) is 4.02. The van der Waals surface area contributed by atoms with Gasteiger partial charge in [0, 0.05) is 0 Å². The van der Waals surface area contributed by atoms with Crippen LogP contribution in [0.2, 0.25) is 10.0 Å². The molecule has 0 atom stereocenters. The number of likely N-dealkylation sites (N-methyl/N-ethyl adjacent to an activating group) is 1. The molecule has 0 heterocycles. The van der Waals surface area contributed by atoms with E-state index in [-0.39, 0.29) is 5.41 Å². The number of carbonyl (C=O) groups excluding carboxylic acids is 1. The average molecular weight is 328 g/mol. The van der Waals surface area contributed by atoms with E-state index in [4.69, 9.17) is 23.2 Å². The number of benzene rings is 1. The van der Waals surface area contributed by atoms with Crippen molar-refractivity contribution >= 4 is 29.0 Å². The Kier molecular flexibility index (Phi) is 5.70. The minimum atomic E-state index is -0.338. The average Bonchev–Trinajstić information content (AvgIpc) is 2.41. The molecule has 0 saturated heterocycles. The summed E-state index contributed by atoms with van der Waals surface area (Å²) in [7, 11) is 0. The minimum Gasteiger partial charge on any atom is -0.297 e. The Balaban J connectivity index is 2.20. The Morgan fingerprint density at radius 2 is 1.95 bits per heavy atom. The molecular formula is C17H23Cl2NO. The highest BCUT2D eigenvalue weighted by molar-refractivity contribution is 6.42. The van der Waals surface area contributed by atoms with Crippen LogP contribution in [-0.4, -0.2) is 30.3 Å². The highest BCUT2D eigenvalue weighted by Crippen LogP contribution is 2.45. The monoisotopic (exact) mass is 327 g/mol. The summed E-state index contributed by atoms with van der Waals surface area (Å²) in [6.45, 7) is 6.67. The molecule has 0 aromatic heterocycles. The highest BCUT2D eigenvalue weighted by Gasteiger charge is 2.45. The molecule has 1 aliphatic rings. The number of hydrogen-bond acceptors (Lipinski definition) is 2. The van der Waals surface area contributed by atoms with Crippen molar-refractivity contribution in [2.45, 2.75) is 44.9 Å². The van der Waals surface area contributed by atoms with Crippen LogP contribution in [0.4, 0.5) is 0 Å². The lowest BCUT2D eigenvalue weighted by atomic mass is 9.62. The summed E-state index contributed by atoms with van der Waals surface area (Å²) < 4.78 is 0. The molecular weight excluding hydrogens is 305 g/mol. The fraction of sp³-hybridized carbons (Fsp3) is 0.588. The van der Waals surface area contributed by atoms with E-state index < -0.39 is 0 Å². The number of halogens is 2. The molecule has 0 spiro atoms. The standard InChI is InChI=1S/C17H23Cl2NO/c1-3-10-20(4-2)12-16(21)17(8-5-9-17)13-6-7-14(18)15(19)11-13/h6-7,11H,3-5,8-10,12H2,1-2H3. The van der Waals surface area contributed by atoms with E-state index in [0.717, 1.165) is 44.3 Å². The number of hydrogen-bond donors (Lipinski definition) is 0. The first-order chi connectivity index (χ1) is 10.0. The quantitative estimate of drug-likeness (QED) is 0.722. The summed E-state index contributed by atoms with van der Waals surface area (Å²) in [5, 5.41) is 1.08. The fourth-order valence-electron chi connectivity index (χ4n) is 3.07. The number of rotatable bonds is 7. The van der Waals surface area contributed by atoms with Crippen molar-refractivity contribution in [1.29, 1.82) is 0 Å². The lowest BCUT2D eigenvalue weighted by Gasteiger charge is -2.42. The van der Waals surface area contributed by atoms with Gasteiger partial charge >= 0.3 is 0 Å². The fourth-order valence-corrected chi connectivity index (χ4v) is 3.37. The van der Waals surface area contributed by atoms with Crippen molar-refractivity contribution in [2.75, 3.05) is 19.6 Å². The minimum absolute atomic E-state index is 0.322. The zero-order valence-corrected chi connectivity index (χ0v) is 14.3. The van der Waals surface area contributed by atoms with Crippen molar-refractivity contribution in [3.05, 3.63) is 33.8 Å². The van der Waals surface area contributed by atoms with E-state index in [0.29, 0.717) is 22.4 Å². The third-order valence-corrected chi connectivity index (χ3v) is 5.31. The summed E-state index contributed by atoms with van der Waals surface area (Å²) in [5.74, 6) is 0.322. The van der Waals surface area contributed by atoms with Crippen LogP contribution in [0, 0.1) is 0 Å². The molecule has 116 valence electrons. The maximum absolute atomic E-state index is 12.9. The molecule has 0 unspecified atom stereocenters. The normalized spacial score (nSPS) is 16.8. The molecule has 4 heteroatoms. The van der Waals surface area contributed by atoms with E-state index in [9.17, 15) is 4.79 Å². The van der Waals surface area contributed by atoms with Crippen molar-refractivity contribution in [2.24, 2.45) is 0 Å². The molecule has 0 radical (unpaired) electrons. The van der Waals surface area contributed by atoms with Gasteiger partial charge < -0.3 is 0 Å². The van der Waals surface area contributed by atoms with Gasteiger partial charge in [-0.2, -0.15) is 0 Å². The van der Waals surface area contributed by atoms with E-state index >= 15 is 0 Å². The van der Waals surface area contributed by atoms with E-state index in [1.807, 2.05) is 12.1 Å². The Labute approximate surface area is 137 Å². The number of ketones is 1. The highest BCUT2D eigenvalue weighted by atomic mass is 35.5. The molecule has 0 N–H and O–H groups in total. The molecule has 1 saturated carbocycles. The first-order valence-corrected chi connectivity index (χ1v) is 8.50. The molecule has 1 fully saturated rings. The van der Waals surface area contributed by atoms with Gasteiger partial charge in [-0.1, -0.05) is 49.5 Å². The van der Waals surface area contributed by atoms with Gasteiger partial charge in [-0.15, -0.1) is 0 Å². The third kappa shape index (κ3) is 3.44. The van der Waals surface area contributed by atoms with Crippen LogP contribution < -0.4 is 0 Å². The van der Waals surface area contributed by atoms with Crippen molar-refractivity contribution in [1.82, 2.24) is 4.90 Å². The molecule has 1 aliphatic carbocycles. The lowest BCUT2D eigenvalue weighted by molar-refractivity contribution is -0.128. The number of nitrogens with zero attached hydrogens (tertiary/aromatic N) is 1. The van der Waals surface area contributed by atoms with Crippen LogP contribution >= 0.6 is 23.2 Å². The van der Waals surface area contributed by atoms with Gasteiger partial charge in [0.05, 0.1) is 22.0 Å². The van der Waals surface area contributed by atoms with Crippen LogP contribution in [0.15, 0.2) is 18.2 Å². The van der Waals surface area contributed by atoms with Gasteiger partial charge in [0.1, 0.15) is 0 Å². The molecule has 1 aromatic rings. The molecule has 2 rings (SSSR count). The SMILES string of the molecule is CCCN(CC)CC(=O)C1(c2ccc(Cl)c(Cl)c2)CCC1. The maximum atomic E-state index is 12.9. The molecule has 0 amide bonds. The second-order valence-corrected chi connectivity index (χ2v) is 6.67. The smallest absolute Gasteiger partial charge is 0.157 e. The van der Waals surface area contributed by atoms with Crippen LogP contribution in [0.5, 0.6) is 0 Å². The third-order valence-electron chi connectivity index (χ3n) is 4.57. The van der Waals surface area contributed by atoms with Gasteiger partial charge in [-0.3, -0.25) is 9.69 Å². The summed E-state index contributed by atoms with van der Waals surface area (Å²) in [4.78, 5) is 15.1. The molecule has 2 nitrogen and oxygen atoms in total. The molecule has 0 aliphatic heterocycles. The van der Waals surface area contributed by atoms with E-state index in [2.05, 4.69) is 18.7 Å². The van der Waals surface area contributed by atoms with Gasteiger partial charge in [0.2, 0.25) is 0 Å².